The molecule has 1 aliphatic rings. The lowest BCUT2D eigenvalue weighted by molar-refractivity contribution is -0.122. The zero-order chi connectivity index (χ0) is 17.1. The lowest BCUT2D eigenvalue weighted by Gasteiger charge is -2.16. The smallest absolute Gasteiger partial charge is 0.256 e. The average Bonchev–Trinajstić information content (AvgIpc) is 3.21. The Morgan fingerprint density at radius 3 is 3.04 bits per heavy atom. The standard InChI is InChI=1S/C17H22N4O2S/c1-12-13(2)18-11-21(17(12)23)9-16(22)19-15-3-5-20(8-15)7-14-4-6-24-10-14/h4,6,10-11,15H,3,5,7-9H2,1-2H3,(H,19,22). The van der Waals surface area contributed by atoms with Crippen LogP contribution in [-0.4, -0.2) is 39.5 Å². The van der Waals surface area contributed by atoms with E-state index in [2.05, 4.69) is 32.0 Å². The van der Waals surface area contributed by atoms with E-state index in [0.717, 1.165) is 26.1 Å². The van der Waals surface area contributed by atoms with Gasteiger partial charge in [-0.2, -0.15) is 11.3 Å². The molecule has 6 nitrogen and oxygen atoms in total. The summed E-state index contributed by atoms with van der Waals surface area (Å²) in [5.41, 5.74) is 2.47. The van der Waals surface area contributed by atoms with Crippen LogP contribution in [0.5, 0.6) is 0 Å². The highest BCUT2D eigenvalue weighted by atomic mass is 32.1. The Morgan fingerprint density at radius 2 is 2.29 bits per heavy atom. The van der Waals surface area contributed by atoms with Crippen molar-refractivity contribution in [1.82, 2.24) is 19.8 Å². The van der Waals surface area contributed by atoms with Crippen LogP contribution in [0.25, 0.3) is 0 Å². The molecular formula is C17H22N4O2S. The van der Waals surface area contributed by atoms with Gasteiger partial charge in [0.1, 0.15) is 6.54 Å². The van der Waals surface area contributed by atoms with Crippen molar-refractivity contribution in [3.8, 4) is 0 Å². The van der Waals surface area contributed by atoms with E-state index in [0.29, 0.717) is 11.3 Å². The molecule has 0 spiro atoms. The van der Waals surface area contributed by atoms with Gasteiger partial charge in [-0.25, -0.2) is 4.98 Å². The fourth-order valence-corrected chi connectivity index (χ4v) is 3.61. The van der Waals surface area contributed by atoms with E-state index >= 15 is 0 Å². The molecule has 1 amide bonds. The van der Waals surface area contributed by atoms with Gasteiger partial charge in [0, 0.05) is 36.9 Å². The first-order chi connectivity index (χ1) is 11.5. The fourth-order valence-electron chi connectivity index (χ4n) is 2.95. The van der Waals surface area contributed by atoms with E-state index in [-0.39, 0.29) is 24.1 Å². The molecule has 7 heteroatoms. The predicted molar refractivity (Wildman–Crippen MR) is 94.1 cm³/mol. The number of thiophene rings is 1. The highest BCUT2D eigenvalue weighted by Gasteiger charge is 2.24. The van der Waals surface area contributed by atoms with Crippen LogP contribution in [-0.2, 0) is 17.9 Å². The summed E-state index contributed by atoms with van der Waals surface area (Å²) >= 11 is 1.70. The maximum absolute atomic E-state index is 12.2. The highest BCUT2D eigenvalue weighted by Crippen LogP contribution is 2.15. The highest BCUT2D eigenvalue weighted by molar-refractivity contribution is 7.07. The number of hydrogen-bond donors (Lipinski definition) is 1. The summed E-state index contributed by atoms with van der Waals surface area (Å²) < 4.78 is 1.37. The second kappa shape index (κ2) is 7.27. The number of carbonyl (C=O) groups is 1. The molecule has 1 N–H and O–H groups in total. The maximum atomic E-state index is 12.2. The van der Waals surface area contributed by atoms with Crippen molar-refractivity contribution in [1.29, 1.82) is 0 Å². The van der Waals surface area contributed by atoms with Gasteiger partial charge in [0.25, 0.3) is 5.56 Å². The first kappa shape index (κ1) is 16.9. The lowest BCUT2D eigenvalue weighted by Crippen LogP contribution is -2.40. The van der Waals surface area contributed by atoms with Gasteiger partial charge in [-0.15, -0.1) is 0 Å². The molecule has 3 heterocycles. The number of amides is 1. The van der Waals surface area contributed by atoms with Gasteiger partial charge >= 0.3 is 0 Å². The Morgan fingerprint density at radius 1 is 1.46 bits per heavy atom. The summed E-state index contributed by atoms with van der Waals surface area (Å²) in [7, 11) is 0. The van der Waals surface area contributed by atoms with Crippen molar-refractivity contribution in [2.75, 3.05) is 13.1 Å². The van der Waals surface area contributed by atoms with Crippen LogP contribution in [0.2, 0.25) is 0 Å². The Kier molecular flexibility index (Phi) is 5.11. The molecule has 2 aromatic rings. The molecule has 1 aliphatic heterocycles. The van der Waals surface area contributed by atoms with E-state index < -0.39 is 0 Å². The molecule has 0 aromatic carbocycles. The molecule has 0 aliphatic carbocycles. The summed E-state index contributed by atoms with van der Waals surface area (Å²) in [6.45, 7) is 6.30. The number of rotatable bonds is 5. The lowest BCUT2D eigenvalue weighted by atomic mass is 10.2. The monoisotopic (exact) mass is 346 g/mol. The van der Waals surface area contributed by atoms with Crippen LogP contribution in [0.1, 0.15) is 23.2 Å². The molecule has 1 atom stereocenters. The van der Waals surface area contributed by atoms with E-state index in [1.165, 1.54) is 16.5 Å². The van der Waals surface area contributed by atoms with Crippen LogP contribution >= 0.6 is 11.3 Å². The third-order valence-corrected chi connectivity index (χ3v) is 5.18. The first-order valence-electron chi connectivity index (χ1n) is 8.08. The van der Waals surface area contributed by atoms with Crippen molar-refractivity contribution in [2.24, 2.45) is 0 Å². The zero-order valence-electron chi connectivity index (χ0n) is 14.0. The molecule has 2 aromatic heterocycles. The minimum absolute atomic E-state index is 0.0218. The Bertz CT molecular complexity index is 769. The number of nitrogens with one attached hydrogen (secondary N) is 1. The molecule has 0 bridgehead atoms. The molecule has 24 heavy (non-hydrogen) atoms. The van der Waals surface area contributed by atoms with E-state index in [4.69, 9.17) is 0 Å². The summed E-state index contributed by atoms with van der Waals surface area (Å²) in [6.07, 6.45) is 2.39. The van der Waals surface area contributed by atoms with Crippen molar-refractivity contribution in [3.05, 3.63) is 50.3 Å². The van der Waals surface area contributed by atoms with E-state index in [1.807, 2.05) is 0 Å². The van der Waals surface area contributed by atoms with Crippen LogP contribution in [0.4, 0.5) is 0 Å². The summed E-state index contributed by atoms with van der Waals surface area (Å²) in [4.78, 5) is 30.9. The summed E-state index contributed by atoms with van der Waals surface area (Å²) in [6, 6.07) is 2.28. The summed E-state index contributed by atoms with van der Waals surface area (Å²) in [5, 5.41) is 7.27. The maximum Gasteiger partial charge on any atom is 0.256 e. The van der Waals surface area contributed by atoms with Gasteiger partial charge in [0.05, 0.1) is 6.33 Å². The largest absolute Gasteiger partial charge is 0.350 e. The molecule has 0 saturated carbocycles. The third kappa shape index (κ3) is 3.91. The number of likely N-dealkylation sites (tertiary alicyclic amines) is 1. The molecule has 1 unspecified atom stereocenters. The van der Waals surface area contributed by atoms with Gasteiger partial charge in [0.15, 0.2) is 0 Å². The number of aromatic nitrogens is 2. The van der Waals surface area contributed by atoms with E-state index in [1.54, 1.807) is 25.2 Å². The van der Waals surface area contributed by atoms with Gasteiger partial charge < -0.3 is 5.32 Å². The minimum atomic E-state index is -0.150. The Hall–Kier alpha value is -1.99. The van der Waals surface area contributed by atoms with Crippen molar-refractivity contribution in [2.45, 2.75) is 39.4 Å². The van der Waals surface area contributed by atoms with Gasteiger partial charge in [-0.05, 0) is 42.7 Å². The van der Waals surface area contributed by atoms with Crippen molar-refractivity contribution < 1.29 is 4.79 Å². The molecule has 3 rings (SSSR count). The number of nitrogens with zero attached hydrogens (tertiary/aromatic N) is 3. The van der Waals surface area contributed by atoms with Crippen molar-refractivity contribution >= 4 is 17.2 Å². The van der Waals surface area contributed by atoms with Crippen LogP contribution in [0.3, 0.4) is 0 Å². The van der Waals surface area contributed by atoms with Crippen LogP contribution in [0.15, 0.2) is 27.9 Å². The average molecular weight is 346 g/mol. The normalized spacial score (nSPS) is 18.0. The first-order valence-corrected chi connectivity index (χ1v) is 9.02. The van der Waals surface area contributed by atoms with Crippen LogP contribution in [0, 0.1) is 13.8 Å². The predicted octanol–water partition coefficient (Wildman–Crippen LogP) is 1.31. The second-order valence-electron chi connectivity index (χ2n) is 6.31. The summed E-state index contributed by atoms with van der Waals surface area (Å²) in [5.74, 6) is -0.135. The molecular weight excluding hydrogens is 324 g/mol. The van der Waals surface area contributed by atoms with E-state index in [9.17, 15) is 9.59 Å². The number of aryl methyl sites for hydroxylation is 1. The van der Waals surface area contributed by atoms with Gasteiger partial charge in [-0.1, -0.05) is 0 Å². The van der Waals surface area contributed by atoms with Crippen molar-refractivity contribution in [3.63, 3.8) is 0 Å². The van der Waals surface area contributed by atoms with Gasteiger partial charge in [-0.3, -0.25) is 19.1 Å². The topological polar surface area (TPSA) is 67.2 Å². The fraction of sp³-hybridized carbons (Fsp3) is 0.471. The third-order valence-electron chi connectivity index (χ3n) is 4.45. The quantitative estimate of drug-likeness (QED) is 0.886. The zero-order valence-corrected chi connectivity index (χ0v) is 14.8. The van der Waals surface area contributed by atoms with Gasteiger partial charge in [0.2, 0.25) is 5.91 Å². The number of carbonyl (C=O) groups excluding carboxylic acids is 1. The molecule has 128 valence electrons. The molecule has 1 saturated heterocycles. The minimum Gasteiger partial charge on any atom is -0.350 e. The SMILES string of the molecule is Cc1ncn(CC(=O)NC2CCN(Cc3ccsc3)C2)c(=O)c1C. The Labute approximate surface area is 145 Å². The number of hydrogen-bond acceptors (Lipinski definition) is 5. The molecule has 1 fully saturated rings. The second-order valence-corrected chi connectivity index (χ2v) is 7.09. The van der Waals surface area contributed by atoms with Crippen LogP contribution < -0.4 is 10.9 Å². The molecule has 0 radical (unpaired) electrons. The Balaban J connectivity index is 1.53.